The van der Waals surface area contributed by atoms with Crippen molar-refractivity contribution >= 4 is 11.6 Å². The number of aromatic nitrogens is 2. The predicted octanol–water partition coefficient (Wildman–Crippen LogP) is 3.49. The maximum atomic E-state index is 13.2. The first-order valence-corrected chi connectivity index (χ1v) is 9.44. The summed E-state index contributed by atoms with van der Waals surface area (Å²) in [6, 6.07) is 9.23. The Balaban J connectivity index is 1.62. The smallest absolute Gasteiger partial charge is 0.250 e. The number of hydrogen-bond donors (Lipinski definition) is 0. The Morgan fingerprint density at radius 2 is 1.88 bits per heavy atom. The molecule has 2 aliphatic rings. The molecule has 26 heavy (non-hydrogen) atoms. The van der Waals surface area contributed by atoms with Crippen LogP contribution in [0.4, 0.5) is 5.69 Å². The van der Waals surface area contributed by atoms with E-state index in [-0.39, 0.29) is 11.9 Å². The quantitative estimate of drug-likeness (QED) is 0.834. The fourth-order valence-corrected chi connectivity index (χ4v) is 4.19. The SMILES string of the molecule is CC1Cc2ncn(C3CCCN(c4ccc(C#N)cc4)C3=O)c2CC1C. The highest BCUT2D eigenvalue weighted by atomic mass is 16.2. The second-order valence-electron chi connectivity index (χ2n) is 7.71. The standard InChI is InChI=1S/C21H24N4O/c1-14-10-18-20(11-15(14)2)25(13-23-18)19-4-3-9-24(21(19)26)17-7-5-16(12-22)6-8-17/h5-8,13-15,19H,3-4,9-11H2,1-2H3. The molecule has 1 saturated heterocycles. The summed E-state index contributed by atoms with van der Waals surface area (Å²) in [7, 11) is 0. The zero-order chi connectivity index (χ0) is 18.3. The first-order chi connectivity index (χ1) is 12.6. The molecule has 5 nitrogen and oxygen atoms in total. The summed E-state index contributed by atoms with van der Waals surface area (Å²) in [6.45, 7) is 5.30. The van der Waals surface area contributed by atoms with Gasteiger partial charge >= 0.3 is 0 Å². The number of anilines is 1. The van der Waals surface area contributed by atoms with E-state index in [0.29, 0.717) is 17.4 Å². The van der Waals surface area contributed by atoms with Crippen molar-refractivity contribution in [2.24, 2.45) is 11.8 Å². The van der Waals surface area contributed by atoms with Crippen molar-refractivity contribution in [3.8, 4) is 6.07 Å². The highest BCUT2D eigenvalue weighted by Gasteiger charge is 2.34. The van der Waals surface area contributed by atoms with Gasteiger partial charge in [0.2, 0.25) is 5.91 Å². The van der Waals surface area contributed by atoms with Crippen LogP contribution >= 0.6 is 0 Å². The van der Waals surface area contributed by atoms with Crippen LogP contribution in [0.1, 0.15) is 49.7 Å². The zero-order valence-electron chi connectivity index (χ0n) is 15.4. The van der Waals surface area contributed by atoms with Crippen LogP contribution in [0.3, 0.4) is 0 Å². The summed E-state index contributed by atoms with van der Waals surface area (Å²) < 4.78 is 2.13. The fraction of sp³-hybridized carbons (Fsp3) is 0.476. The number of benzene rings is 1. The largest absolute Gasteiger partial charge is 0.322 e. The number of nitrogens with zero attached hydrogens (tertiary/aromatic N) is 4. The van der Waals surface area contributed by atoms with Crippen LogP contribution in [0.25, 0.3) is 0 Å². The van der Waals surface area contributed by atoms with Crippen molar-refractivity contribution in [2.45, 2.75) is 45.6 Å². The van der Waals surface area contributed by atoms with Gasteiger partial charge in [-0.05, 0) is 61.8 Å². The monoisotopic (exact) mass is 348 g/mol. The molecular formula is C21H24N4O. The molecule has 1 aromatic carbocycles. The van der Waals surface area contributed by atoms with Crippen LogP contribution in [0.5, 0.6) is 0 Å². The molecule has 0 N–H and O–H groups in total. The van der Waals surface area contributed by atoms with Gasteiger partial charge in [0.25, 0.3) is 0 Å². The molecule has 5 heteroatoms. The van der Waals surface area contributed by atoms with Gasteiger partial charge in [-0.2, -0.15) is 5.26 Å². The van der Waals surface area contributed by atoms with Crippen LogP contribution in [0, 0.1) is 23.2 Å². The minimum Gasteiger partial charge on any atom is -0.322 e. The molecule has 1 aliphatic heterocycles. The lowest BCUT2D eigenvalue weighted by molar-refractivity contribution is -0.123. The van der Waals surface area contributed by atoms with Gasteiger partial charge < -0.3 is 9.47 Å². The molecular weight excluding hydrogens is 324 g/mol. The molecule has 1 aliphatic carbocycles. The number of nitriles is 1. The molecule has 0 saturated carbocycles. The van der Waals surface area contributed by atoms with Gasteiger partial charge in [0.1, 0.15) is 6.04 Å². The normalized spacial score (nSPS) is 25.7. The first-order valence-electron chi connectivity index (χ1n) is 9.44. The second-order valence-corrected chi connectivity index (χ2v) is 7.71. The van der Waals surface area contributed by atoms with E-state index in [2.05, 4.69) is 29.5 Å². The molecule has 2 aromatic rings. The van der Waals surface area contributed by atoms with Gasteiger partial charge in [0.15, 0.2) is 0 Å². The average Bonchev–Trinajstić information content (AvgIpc) is 3.05. The van der Waals surface area contributed by atoms with E-state index in [1.54, 1.807) is 12.1 Å². The Morgan fingerprint density at radius 3 is 2.62 bits per heavy atom. The number of carbonyl (C=O) groups excluding carboxylic acids is 1. The summed E-state index contributed by atoms with van der Waals surface area (Å²) >= 11 is 0. The van der Waals surface area contributed by atoms with Crippen LogP contribution in [0.15, 0.2) is 30.6 Å². The van der Waals surface area contributed by atoms with Crippen molar-refractivity contribution in [1.82, 2.24) is 9.55 Å². The van der Waals surface area contributed by atoms with Crippen molar-refractivity contribution < 1.29 is 4.79 Å². The molecule has 0 spiro atoms. The van der Waals surface area contributed by atoms with E-state index in [1.807, 2.05) is 23.4 Å². The van der Waals surface area contributed by atoms with Gasteiger partial charge in [-0.3, -0.25) is 4.79 Å². The van der Waals surface area contributed by atoms with Gasteiger partial charge in [-0.25, -0.2) is 4.98 Å². The predicted molar refractivity (Wildman–Crippen MR) is 99.7 cm³/mol. The molecule has 0 bridgehead atoms. The molecule has 0 radical (unpaired) electrons. The molecule has 1 aromatic heterocycles. The third-order valence-electron chi connectivity index (χ3n) is 6.04. The molecule has 4 rings (SSSR count). The van der Waals surface area contributed by atoms with Crippen LogP contribution in [0.2, 0.25) is 0 Å². The van der Waals surface area contributed by atoms with Crippen molar-refractivity contribution in [2.75, 3.05) is 11.4 Å². The Kier molecular flexibility index (Phi) is 4.28. The number of rotatable bonds is 2. The Labute approximate surface area is 154 Å². The maximum absolute atomic E-state index is 13.2. The van der Waals surface area contributed by atoms with E-state index in [0.717, 1.165) is 37.9 Å². The van der Waals surface area contributed by atoms with Crippen molar-refractivity contribution in [3.63, 3.8) is 0 Å². The van der Waals surface area contributed by atoms with E-state index in [9.17, 15) is 4.79 Å². The van der Waals surface area contributed by atoms with E-state index >= 15 is 0 Å². The lowest BCUT2D eigenvalue weighted by Gasteiger charge is -2.35. The van der Waals surface area contributed by atoms with Gasteiger partial charge in [-0.1, -0.05) is 13.8 Å². The van der Waals surface area contributed by atoms with Crippen molar-refractivity contribution in [3.05, 3.63) is 47.5 Å². The number of carbonyl (C=O) groups is 1. The fourth-order valence-electron chi connectivity index (χ4n) is 4.19. The summed E-state index contributed by atoms with van der Waals surface area (Å²) in [6.07, 6.45) is 5.70. The Morgan fingerprint density at radius 1 is 1.15 bits per heavy atom. The van der Waals surface area contributed by atoms with E-state index < -0.39 is 0 Å². The third kappa shape index (κ3) is 2.80. The minimum atomic E-state index is -0.170. The average molecular weight is 348 g/mol. The van der Waals surface area contributed by atoms with Gasteiger partial charge in [-0.15, -0.1) is 0 Å². The van der Waals surface area contributed by atoms with E-state index in [4.69, 9.17) is 5.26 Å². The van der Waals surface area contributed by atoms with E-state index in [1.165, 1.54) is 11.4 Å². The topological polar surface area (TPSA) is 61.9 Å². The molecule has 3 atom stereocenters. The highest BCUT2D eigenvalue weighted by Crippen LogP contribution is 2.34. The molecule has 134 valence electrons. The highest BCUT2D eigenvalue weighted by molar-refractivity contribution is 5.97. The summed E-state index contributed by atoms with van der Waals surface area (Å²) in [5, 5.41) is 8.97. The number of fused-ring (bicyclic) bond motifs is 1. The molecule has 1 fully saturated rings. The summed E-state index contributed by atoms with van der Waals surface area (Å²) in [4.78, 5) is 19.7. The maximum Gasteiger partial charge on any atom is 0.250 e. The molecule has 3 unspecified atom stereocenters. The number of piperidine rings is 1. The zero-order valence-corrected chi connectivity index (χ0v) is 15.4. The summed E-state index contributed by atoms with van der Waals surface area (Å²) in [5.41, 5.74) is 3.89. The molecule has 2 heterocycles. The van der Waals surface area contributed by atoms with Crippen LogP contribution in [-0.2, 0) is 17.6 Å². The minimum absolute atomic E-state index is 0.132. The lowest BCUT2D eigenvalue weighted by Crippen LogP contribution is -2.42. The van der Waals surface area contributed by atoms with Crippen LogP contribution < -0.4 is 4.90 Å². The lowest BCUT2D eigenvalue weighted by atomic mass is 9.82. The number of imidazole rings is 1. The Bertz CT molecular complexity index is 861. The second kappa shape index (κ2) is 6.60. The third-order valence-corrected chi connectivity index (χ3v) is 6.04. The molecule has 1 amide bonds. The van der Waals surface area contributed by atoms with Gasteiger partial charge in [0, 0.05) is 17.9 Å². The number of hydrogen-bond acceptors (Lipinski definition) is 3. The summed E-state index contributed by atoms with van der Waals surface area (Å²) in [5.74, 6) is 1.39. The Hall–Kier alpha value is -2.61. The van der Waals surface area contributed by atoms with Gasteiger partial charge in [0.05, 0.1) is 23.7 Å². The first kappa shape index (κ1) is 16.8. The van der Waals surface area contributed by atoms with Crippen molar-refractivity contribution in [1.29, 1.82) is 5.26 Å². The van der Waals surface area contributed by atoms with Crippen LogP contribution in [-0.4, -0.2) is 22.0 Å². The number of amides is 1.